The van der Waals surface area contributed by atoms with Crippen LogP contribution in [-0.2, 0) is 15.8 Å². The van der Waals surface area contributed by atoms with Crippen molar-refractivity contribution in [3.05, 3.63) is 71.8 Å². The SMILES string of the molecule is N#Cc1c(SCc2ccccc2)n[nH]c1NC(=O)NS(=O)(=O)c1ccccc1. The zero-order valence-electron chi connectivity index (χ0n) is 14.4. The number of aromatic nitrogens is 2. The van der Waals surface area contributed by atoms with E-state index >= 15 is 0 Å². The standard InChI is InChI=1S/C18H15N5O3S2/c19-11-15-16(21-22-17(15)27-12-13-7-3-1-4-8-13)20-18(24)23-28(25,26)14-9-5-2-6-10-14/h1-10H,12H2,(H3,20,21,22,23,24). The number of nitrogens with one attached hydrogen (secondary N) is 3. The van der Waals surface area contributed by atoms with Gasteiger partial charge < -0.3 is 0 Å². The number of hydrogen-bond acceptors (Lipinski definition) is 6. The van der Waals surface area contributed by atoms with Crippen molar-refractivity contribution in [2.45, 2.75) is 15.7 Å². The molecule has 2 aromatic carbocycles. The number of urea groups is 1. The lowest BCUT2D eigenvalue weighted by atomic mass is 10.2. The summed E-state index contributed by atoms with van der Waals surface area (Å²) < 4.78 is 26.3. The summed E-state index contributed by atoms with van der Waals surface area (Å²) in [6.45, 7) is 0. The number of amides is 2. The number of aromatic amines is 1. The second-order valence-electron chi connectivity index (χ2n) is 5.54. The molecule has 3 rings (SSSR count). The minimum atomic E-state index is -4.02. The highest BCUT2D eigenvalue weighted by molar-refractivity contribution is 7.98. The summed E-state index contributed by atoms with van der Waals surface area (Å²) in [6.07, 6.45) is 0. The number of anilines is 1. The van der Waals surface area contributed by atoms with Crippen LogP contribution >= 0.6 is 11.8 Å². The van der Waals surface area contributed by atoms with E-state index in [0.717, 1.165) is 5.56 Å². The number of benzene rings is 2. The van der Waals surface area contributed by atoms with Crippen LogP contribution in [0, 0.1) is 11.3 Å². The molecule has 10 heteroatoms. The van der Waals surface area contributed by atoms with Crippen LogP contribution in [0.5, 0.6) is 0 Å². The number of carbonyl (C=O) groups is 1. The first-order valence-electron chi connectivity index (χ1n) is 8.03. The lowest BCUT2D eigenvalue weighted by Crippen LogP contribution is -2.34. The van der Waals surface area contributed by atoms with Crippen LogP contribution in [0.2, 0.25) is 0 Å². The minimum Gasteiger partial charge on any atom is -0.291 e. The van der Waals surface area contributed by atoms with E-state index in [9.17, 15) is 18.5 Å². The third-order valence-corrected chi connectivity index (χ3v) is 5.98. The fourth-order valence-electron chi connectivity index (χ4n) is 2.27. The maximum atomic E-state index is 12.2. The molecule has 28 heavy (non-hydrogen) atoms. The Balaban J connectivity index is 1.68. The zero-order chi connectivity index (χ0) is 20.0. The van der Waals surface area contributed by atoms with E-state index in [1.807, 2.05) is 41.1 Å². The highest BCUT2D eigenvalue weighted by atomic mass is 32.2. The third-order valence-electron chi connectivity index (χ3n) is 3.58. The summed E-state index contributed by atoms with van der Waals surface area (Å²) in [5.41, 5.74) is 1.19. The lowest BCUT2D eigenvalue weighted by Gasteiger charge is -2.07. The fraction of sp³-hybridized carbons (Fsp3) is 0.0556. The number of H-pyrrole nitrogens is 1. The molecule has 0 aliphatic rings. The van der Waals surface area contributed by atoms with Gasteiger partial charge in [0, 0.05) is 5.75 Å². The van der Waals surface area contributed by atoms with Gasteiger partial charge in [-0.3, -0.25) is 10.4 Å². The number of thioether (sulfide) groups is 1. The molecule has 0 aliphatic heterocycles. The molecule has 1 heterocycles. The average Bonchev–Trinajstić information content (AvgIpc) is 3.08. The molecule has 0 atom stereocenters. The average molecular weight is 413 g/mol. The molecule has 0 saturated heterocycles. The Morgan fingerprint density at radius 3 is 2.39 bits per heavy atom. The van der Waals surface area contributed by atoms with Crippen molar-refractivity contribution in [1.82, 2.24) is 14.9 Å². The Morgan fingerprint density at radius 1 is 1.11 bits per heavy atom. The van der Waals surface area contributed by atoms with Crippen molar-refractivity contribution in [2.75, 3.05) is 5.32 Å². The van der Waals surface area contributed by atoms with Gasteiger partial charge in [-0.1, -0.05) is 60.3 Å². The number of nitriles is 1. The topological polar surface area (TPSA) is 128 Å². The third kappa shape index (κ3) is 4.70. The minimum absolute atomic E-state index is 0.0267. The molecule has 142 valence electrons. The molecular weight excluding hydrogens is 398 g/mol. The summed E-state index contributed by atoms with van der Waals surface area (Å²) in [4.78, 5) is 12.0. The maximum Gasteiger partial charge on any atom is 0.334 e. The summed E-state index contributed by atoms with van der Waals surface area (Å²) >= 11 is 1.33. The monoisotopic (exact) mass is 413 g/mol. The fourth-order valence-corrected chi connectivity index (χ4v) is 4.10. The number of carbonyl (C=O) groups excluding carboxylic acids is 1. The molecule has 1 aromatic heterocycles. The molecule has 0 bridgehead atoms. The van der Waals surface area contributed by atoms with E-state index in [1.165, 1.54) is 23.9 Å². The normalized spacial score (nSPS) is 10.8. The van der Waals surface area contributed by atoms with Crippen LogP contribution in [-0.4, -0.2) is 24.6 Å². The van der Waals surface area contributed by atoms with Crippen LogP contribution in [0.4, 0.5) is 10.6 Å². The molecule has 0 spiro atoms. The maximum absolute atomic E-state index is 12.2. The van der Waals surface area contributed by atoms with E-state index in [4.69, 9.17) is 0 Å². The quantitative estimate of drug-likeness (QED) is 0.533. The van der Waals surface area contributed by atoms with Gasteiger partial charge in [-0.15, -0.1) is 0 Å². The largest absolute Gasteiger partial charge is 0.334 e. The number of rotatable bonds is 6. The van der Waals surface area contributed by atoms with Gasteiger partial charge in [-0.25, -0.2) is 17.9 Å². The van der Waals surface area contributed by atoms with E-state index in [2.05, 4.69) is 15.5 Å². The lowest BCUT2D eigenvalue weighted by molar-refractivity contribution is 0.256. The van der Waals surface area contributed by atoms with Crippen LogP contribution in [0.25, 0.3) is 0 Å². The van der Waals surface area contributed by atoms with Crippen LogP contribution < -0.4 is 10.0 Å². The predicted octanol–water partition coefficient (Wildman–Crippen LogP) is 3.08. The summed E-state index contributed by atoms with van der Waals surface area (Å²) in [5.74, 6) is 0.618. The van der Waals surface area contributed by atoms with Crippen LogP contribution in [0.3, 0.4) is 0 Å². The van der Waals surface area contributed by atoms with Gasteiger partial charge in [0.2, 0.25) is 0 Å². The van der Waals surface area contributed by atoms with Crippen molar-refractivity contribution in [3.63, 3.8) is 0 Å². The van der Waals surface area contributed by atoms with Gasteiger partial charge in [0.25, 0.3) is 10.0 Å². The first kappa shape index (κ1) is 19.5. The summed E-state index contributed by atoms with van der Waals surface area (Å²) in [7, 11) is -4.02. The van der Waals surface area contributed by atoms with Crippen molar-refractivity contribution in [3.8, 4) is 6.07 Å². The zero-order valence-corrected chi connectivity index (χ0v) is 16.0. The first-order valence-corrected chi connectivity index (χ1v) is 10.5. The number of hydrogen-bond donors (Lipinski definition) is 3. The van der Waals surface area contributed by atoms with Crippen LogP contribution in [0.1, 0.15) is 11.1 Å². The molecule has 0 fully saturated rings. The van der Waals surface area contributed by atoms with E-state index < -0.39 is 16.1 Å². The Morgan fingerprint density at radius 2 is 1.75 bits per heavy atom. The molecule has 3 N–H and O–H groups in total. The van der Waals surface area contributed by atoms with Crippen molar-refractivity contribution < 1.29 is 13.2 Å². The summed E-state index contributed by atoms with van der Waals surface area (Å²) in [5, 5.41) is 18.7. The molecule has 0 unspecified atom stereocenters. The van der Waals surface area contributed by atoms with Gasteiger partial charge in [0.15, 0.2) is 0 Å². The van der Waals surface area contributed by atoms with Crippen molar-refractivity contribution >= 4 is 33.6 Å². The Bertz CT molecular complexity index is 1110. The predicted molar refractivity (Wildman–Crippen MR) is 105 cm³/mol. The van der Waals surface area contributed by atoms with Crippen molar-refractivity contribution in [1.29, 1.82) is 5.26 Å². The Labute approximate surface area is 166 Å². The molecule has 0 radical (unpaired) electrons. The van der Waals surface area contributed by atoms with Crippen molar-refractivity contribution in [2.24, 2.45) is 0 Å². The van der Waals surface area contributed by atoms with E-state index in [0.29, 0.717) is 10.8 Å². The highest BCUT2D eigenvalue weighted by Crippen LogP contribution is 2.28. The Hall–Kier alpha value is -3.29. The highest BCUT2D eigenvalue weighted by Gasteiger charge is 2.20. The molecule has 0 aliphatic carbocycles. The molecule has 8 nitrogen and oxygen atoms in total. The van der Waals surface area contributed by atoms with E-state index in [1.54, 1.807) is 18.2 Å². The smallest absolute Gasteiger partial charge is 0.291 e. The number of sulfonamides is 1. The van der Waals surface area contributed by atoms with Gasteiger partial charge >= 0.3 is 6.03 Å². The number of nitrogens with zero attached hydrogens (tertiary/aromatic N) is 2. The van der Waals surface area contributed by atoms with E-state index in [-0.39, 0.29) is 16.3 Å². The summed E-state index contributed by atoms with van der Waals surface area (Å²) in [6, 6.07) is 18.1. The second-order valence-corrected chi connectivity index (χ2v) is 8.18. The molecule has 3 aromatic rings. The molecule has 0 saturated carbocycles. The molecular formula is C18H15N5O3S2. The van der Waals surface area contributed by atoms with Crippen LogP contribution in [0.15, 0.2) is 70.6 Å². The van der Waals surface area contributed by atoms with Gasteiger partial charge in [0.05, 0.1) is 4.90 Å². The van der Waals surface area contributed by atoms with Gasteiger partial charge in [-0.05, 0) is 17.7 Å². The molecule has 2 amide bonds. The van der Waals surface area contributed by atoms with Gasteiger partial charge in [0.1, 0.15) is 22.5 Å². The Kier molecular flexibility index (Phi) is 5.98. The van der Waals surface area contributed by atoms with Gasteiger partial charge in [-0.2, -0.15) is 10.4 Å². The second kappa shape index (κ2) is 8.60. The first-order chi connectivity index (χ1) is 13.5.